The second kappa shape index (κ2) is 4.03. The van der Waals surface area contributed by atoms with Gasteiger partial charge in [0.25, 0.3) is 0 Å². The number of nitrogens with zero attached hydrogens (tertiary/aromatic N) is 3. The Kier molecular flexibility index (Phi) is 2.37. The molecule has 0 atom stereocenters. The largest absolute Gasteiger partial charge is 0.445 e. The third-order valence-electron chi connectivity index (χ3n) is 2.75. The van der Waals surface area contributed by atoms with Gasteiger partial charge in [-0.25, -0.2) is 4.98 Å². The molecule has 18 heavy (non-hydrogen) atoms. The van der Waals surface area contributed by atoms with E-state index in [2.05, 4.69) is 10.1 Å². The smallest absolute Gasteiger partial charge is 0.225 e. The quantitative estimate of drug-likeness (QED) is 0.746. The van der Waals surface area contributed by atoms with Crippen molar-refractivity contribution in [1.29, 1.82) is 0 Å². The molecular weight excluding hydrogens is 228 g/mol. The van der Waals surface area contributed by atoms with E-state index in [-0.39, 0.29) is 0 Å². The van der Waals surface area contributed by atoms with Gasteiger partial charge in [-0.1, -0.05) is 12.1 Å². The van der Waals surface area contributed by atoms with Crippen molar-refractivity contribution >= 4 is 5.82 Å². The van der Waals surface area contributed by atoms with Gasteiger partial charge in [-0.3, -0.25) is 4.68 Å². The normalized spacial score (nSPS) is 10.7. The zero-order valence-corrected chi connectivity index (χ0v) is 9.87. The first-order valence-electron chi connectivity index (χ1n) is 5.54. The predicted molar refractivity (Wildman–Crippen MR) is 68.6 cm³/mol. The number of oxazole rings is 1. The van der Waals surface area contributed by atoms with Gasteiger partial charge in [-0.05, 0) is 12.1 Å². The lowest BCUT2D eigenvalue weighted by atomic mass is 10.1. The monoisotopic (exact) mass is 240 g/mol. The molecule has 0 saturated heterocycles. The highest BCUT2D eigenvalue weighted by atomic mass is 16.3. The molecule has 0 saturated carbocycles. The maximum absolute atomic E-state index is 5.78. The van der Waals surface area contributed by atoms with Gasteiger partial charge in [-0.2, -0.15) is 5.10 Å². The van der Waals surface area contributed by atoms with Gasteiger partial charge in [-0.15, -0.1) is 0 Å². The Balaban J connectivity index is 2.06. The summed E-state index contributed by atoms with van der Waals surface area (Å²) >= 11 is 0. The molecule has 0 bridgehead atoms. The fourth-order valence-corrected chi connectivity index (χ4v) is 1.80. The molecule has 2 aromatic heterocycles. The molecule has 0 spiro atoms. The molecule has 2 N–H and O–H groups in total. The highest BCUT2D eigenvalue weighted by molar-refractivity contribution is 5.68. The number of hydrogen-bond acceptors (Lipinski definition) is 4. The summed E-state index contributed by atoms with van der Waals surface area (Å²) in [5.74, 6) is 1.23. The molecule has 5 heteroatoms. The van der Waals surface area contributed by atoms with Crippen LogP contribution in [-0.4, -0.2) is 14.8 Å². The molecule has 0 fully saturated rings. The molecule has 3 rings (SSSR count). The minimum atomic E-state index is 0.598. The Hall–Kier alpha value is -2.56. The summed E-state index contributed by atoms with van der Waals surface area (Å²) < 4.78 is 6.92. The Bertz CT molecular complexity index is 651. The molecule has 0 aliphatic heterocycles. The lowest BCUT2D eigenvalue weighted by Gasteiger charge is -1.99. The first-order valence-corrected chi connectivity index (χ1v) is 5.54. The Morgan fingerprint density at radius 1 is 1.22 bits per heavy atom. The highest BCUT2D eigenvalue weighted by Crippen LogP contribution is 2.25. The number of benzene rings is 1. The van der Waals surface area contributed by atoms with Crippen molar-refractivity contribution in [2.24, 2.45) is 7.05 Å². The van der Waals surface area contributed by atoms with E-state index < -0.39 is 0 Å². The third-order valence-corrected chi connectivity index (χ3v) is 2.75. The van der Waals surface area contributed by atoms with Crippen LogP contribution in [0.25, 0.3) is 22.7 Å². The van der Waals surface area contributed by atoms with Crippen LogP contribution in [-0.2, 0) is 7.05 Å². The van der Waals surface area contributed by atoms with Gasteiger partial charge in [0, 0.05) is 24.2 Å². The number of rotatable bonds is 2. The summed E-state index contributed by atoms with van der Waals surface area (Å²) in [6, 6.07) is 9.69. The molecule has 90 valence electrons. The van der Waals surface area contributed by atoms with Crippen LogP contribution >= 0.6 is 0 Å². The average Bonchev–Trinajstić information content (AvgIpc) is 3.01. The Labute approximate surface area is 104 Å². The predicted octanol–water partition coefficient (Wildman–Crippen LogP) is 2.32. The van der Waals surface area contributed by atoms with Crippen LogP contribution in [0.5, 0.6) is 0 Å². The number of aryl methyl sites for hydroxylation is 1. The van der Waals surface area contributed by atoms with Crippen LogP contribution in [0.1, 0.15) is 0 Å². The summed E-state index contributed by atoms with van der Waals surface area (Å²) in [5, 5.41) is 4.34. The average molecular weight is 240 g/mol. The van der Waals surface area contributed by atoms with Crippen molar-refractivity contribution in [1.82, 2.24) is 14.8 Å². The van der Waals surface area contributed by atoms with E-state index in [1.807, 2.05) is 37.4 Å². The van der Waals surface area contributed by atoms with Crippen LogP contribution in [0.15, 0.2) is 47.2 Å². The van der Waals surface area contributed by atoms with Crippen molar-refractivity contribution in [3.8, 4) is 22.7 Å². The van der Waals surface area contributed by atoms with Crippen molar-refractivity contribution in [3.05, 3.63) is 42.8 Å². The summed E-state index contributed by atoms with van der Waals surface area (Å²) in [5.41, 5.74) is 8.52. The van der Waals surface area contributed by atoms with Crippen LogP contribution < -0.4 is 5.73 Å². The lowest BCUT2D eigenvalue weighted by molar-refractivity contribution is 0.574. The lowest BCUT2D eigenvalue weighted by Crippen LogP contribution is -1.96. The van der Waals surface area contributed by atoms with Gasteiger partial charge in [0.15, 0.2) is 0 Å². The minimum absolute atomic E-state index is 0.598. The molecule has 0 unspecified atom stereocenters. The number of anilines is 1. The van der Waals surface area contributed by atoms with E-state index >= 15 is 0 Å². The van der Waals surface area contributed by atoms with Gasteiger partial charge < -0.3 is 10.2 Å². The molecule has 5 nitrogen and oxygen atoms in total. The van der Waals surface area contributed by atoms with E-state index in [1.165, 1.54) is 0 Å². The minimum Gasteiger partial charge on any atom is -0.445 e. The standard InChI is InChI=1S/C13H12N4O/c1-17-12(14)8-11(16-17)9-3-2-4-10(7-9)13-15-5-6-18-13/h2-8H,14H2,1H3. The second-order valence-corrected chi connectivity index (χ2v) is 4.00. The van der Waals surface area contributed by atoms with Gasteiger partial charge in [0.1, 0.15) is 12.1 Å². The van der Waals surface area contributed by atoms with E-state index in [0.717, 1.165) is 16.8 Å². The van der Waals surface area contributed by atoms with Crippen molar-refractivity contribution in [3.63, 3.8) is 0 Å². The van der Waals surface area contributed by atoms with Crippen molar-refractivity contribution in [2.75, 3.05) is 5.73 Å². The summed E-state index contributed by atoms with van der Waals surface area (Å²) in [7, 11) is 1.82. The summed E-state index contributed by atoms with van der Waals surface area (Å²) in [6.45, 7) is 0. The maximum Gasteiger partial charge on any atom is 0.225 e. The van der Waals surface area contributed by atoms with E-state index in [9.17, 15) is 0 Å². The Morgan fingerprint density at radius 3 is 2.72 bits per heavy atom. The third kappa shape index (κ3) is 1.75. The van der Waals surface area contributed by atoms with Crippen LogP contribution in [0.4, 0.5) is 5.82 Å². The molecule has 1 aromatic carbocycles. The SMILES string of the molecule is Cn1nc(-c2cccc(-c3ncco3)c2)cc1N. The van der Waals surface area contributed by atoms with Gasteiger partial charge in [0.2, 0.25) is 5.89 Å². The maximum atomic E-state index is 5.78. The van der Waals surface area contributed by atoms with Gasteiger partial charge in [0.05, 0.1) is 11.9 Å². The highest BCUT2D eigenvalue weighted by Gasteiger charge is 2.08. The summed E-state index contributed by atoms with van der Waals surface area (Å²) in [6.07, 6.45) is 3.18. The first-order chi connectivity index (χ1) is 8.74. The molecular formula is C13H12N4O. The van der Waals surface area contributed by atoms with Crippen LogP contribution in [0, 0.1) is 0 Å². The number of nitrogen functional groups attached to an aromatic ring is 1. The topological polar surface area (TPSA) is 69.9 Å². The summed E-state index contributed by atoms with van der Waals surface area (Å²) in [4.78, 5) is 4.13. The number of aromatic nitrogens is 3. The Morgan fingerprint density at radius 2 is 2.06 bits per heavy atom. The zero-order chi connectivity index (χ0) is 12.5. The van der Waals surface area contributed by atoms with Crippen molar-refractivity contribution in [2.45, 2.75) is 0 Å². The van der Waals surface area contributed by atoms with E-state index in [4.69, 9.17) is 10.2 Å². The van der Waals surface area contributed by atoms with Gasteiger partial charge >= 0.3 is 0 Å². The van der Waals surface area contributed by atoms with E-state index in [1.54, 1.807) is 17.1 Å². The van der Waals surface area contributed by atoms with Crippen LogP contribution in [0.2, 0.25) is 0 Å². The molecule has 0 amide bonds. The van der Waals surface area contributed by atoms with Crippen LogP contribution in [0.3, 0.4) is 0 Å². The van der Waals surface area contributed by atoms with E-state index in [0.29, 0.717) is 11.7 Å². The fourth-order valence-electron chi connectivity index (χ4n) is 1.80. The molecule has 3 aromatic rings. The molecule has 0 aliphatic rings. The first kappa shape index (κ1) is 10.6. The fraction of sp³-hybridized carbons (Fsp3) is 0.0769. The number of nitrogens with two attached hydrogens (primary N) is 1. The number of hydrogen-bond donors (Lipinski definition) is 1. The second-order valence-electron chi connectivity index (χ2n) is 4.00. The molecule has 2 heterocycles. The molecule has 0 radical (unpaired) electrons. The van der Waals surface area contributed by atoms with Crippen molar-refractivity contribution < 1.29 is 4.42 Å². The molecule has 0 aliphatic carbocycles. The zero-order valence-electron chi connectivity index (χ0n) is 9.87.